The van der Waals surface area contributed by atoms with Crippen LogP contribution in [0.4, 0.5) is 0 Å². The third kappa shape index (κ3) is 4.05. The molecule has 0 bridgehead atoms. The highest BCUT2D eigenvalue weighted by Crippen LogP contribution is 2.23. The zero-order valence-electron chi connectivity index (χ0n) is 16.9. The molecule has 4 heteroatoms. The zero-order chi connectivity index (χ0) is 19.6. The summed E-state index contributed by atoms with van der Waals surface area (Å²) in [5, 5.41) is 3.14. The highest BCUT2D eigenvalue weighted by Gasteiger charge is 2.20. The monoisotopic (exact) mass is 363 g/mol. The molecule has 0 saturated heterocycles. The van der Waals surface area contributed by atoms with Gasteiger partial charge in [-0.2, -0.15) is 0 Å². The number of fused-ring (bicyclic) bond motifs is 1. The number of benzene rings is 2. The van der Waals surface area contributed by atoms with Gasteiger partial charge in [0.25, 0.3) is 5.91 Å². The fourth-order valence-corrected chi connectivity index (χ4v) is 3.46. The molecular weight excluding hydrogens is 334 g/mol. The molecule has 3 aromatic rings. The Balaban J connectivity index is 1.91. The lowest BCUT2D eigenvalue weighted by molar-refractivity contribution is 0.0937. The van der Waals surface area contributed by atoms with E-state index >= 15 is 0 Å². The summed E-state index contributed by atoms with van der Waals surface area (Å²) in [5.41, 5.74) is 4.97. The molecule has 0 spiro atoms. The molecule has 0 radical (unpaired) electrons. The van der Waals surface area contributed by atoms with Crippen molar-refractivity contribution in [1.82, 2.24) is 14.9 Å². The number of rotatable bonds is 6. The van der Waals surface area contributed by atoms with E-state index in [-0.39, 0.29) is 11.9 Å². The number of hydrogen-bond acceptors (Lipinski definition) is 2. The van der Waals surface area contributed by atoms with Crippen LogP contribution in [0.5, 0.6) is 0 Å². The molecule has 1 N–H and O–H groups in total. The molecule has 0 aliphatic rings. The van der Waals surface area contributed by atoms with Gasteiger partial charge in [-0.3, -0.25) is 4.79 Å². The minimum Gasteiger partial charge on any atom is -0.342 e. The summed E-state index contributed by atoms with van der Waals surface area (Å²) in [5.74, 6) is 1.40. The van der Waals surface area contributed by atoms with Crippen LogP contribution >= 0.6 is 0 Å². The quantitative estimate of drug-likeness (QED) is 0.655. The maximum absolute atomic E-state index is 12.8. The van der Waals surface area contributed by atoms with Crippen molar-refractivity contribution in [2.45, 2.75) is 53.6 Å². The highest BCUT2D eigenvalue weighted by molar-refractivity contribution is 5.96. The van der Waals surface area contributed by atoms with Crippen LogP contribution in [0.2, 0.25) is 0 Å². The van der Waals surface area contributed by atoms with Crippen LogP contribution in [0, 0.1) is 19.8 Å². The van der Waals surface area contributed by atoms with Crippen molar-refractivity contribution in [3.63, 3.8) is 0 Å². The van der Waals surface area contributed by atoms with Gasteiger partial charge < -0.3 is 9.88 Å². The molecule has 2 unspecified atom stereocenters. The van der Waals surface area contributed by atoms with E-state index in [1.54, 1.807) is 0 Å². The van der Waals surface area contributed by atoms with Crippen LogP contribution in [0.15, 0.2) is 42.5 Å². The Morgan fingerprint density at radius 1 is 1.15 bits per heavy atom. The van der Waals surface area contributed by atoms with E-state index in [9.17, 15) is 4.79 Å². The molecule has 142 valence electrons. The SMILES string of the molecule is CCC(C)Cn1c(C(C)NC(=O)c2ccc(C)cc2C)nc2ccccc21. The Morgan fingerprint density at radius 3 is 2.59 bits per heavy atom. The van der Waals surface area contributed by atoms with Crippen molar-refractivity contribution in [2.24, 2.45) is 5.92 Å². The van der Waals surface area contributed by atoms with E-state index in [0.717, 1.165) is 46.5 Å². The first kappa shape index (κ1) is 19.2. The van der Waals surface area contributed by atoms with Crippen molar-refractivity contribution >= 4 is 16.9 Å². The Labute approximate surface area is 161 Å². The topological polar surface area (TPSA) is 46.9 Å². The average Bonchev–Trinajstić information content (AvgIpc) is 3.00. The summed E-state index contributed by atoms with van der Waals surface area (Å²) in [4.78, 5) is 17.6. The summed E-state index contributed by atoms with van der Waals surface area (Å²) in [6.45, 7) is 11.4. The number of nitrogens with one attached hydrogen (secondary N) is 1. The van der Waals surface area contributed by atoms with E-state index in [4.69, 9.17) is 4.98 Å². The first-order valence-corrected chi connectivity index (χ1v) is 9.74. The summed E-state index contributed by atoms with van der Waals surface area (Å²) >= 11 is 0. The van der Waals surface area contributed by atoms with Gasteiger partial charge >= 0.3 is 0 Å². The van der Waals surface area contributed by atoms with Crippen LogP contribution in [-0.4, -0.2) is 15.5 Å². The molecule has 1 amide bonds. The Bertz CT molecular complexity index is 957. The maximum Gasteiger partial charge on any atom is 0.252 e. The molecule has 0 fully saturated rings. The second kappa shape index (κ2) is 7.95. The molecule has 2 aromatic carbocycles. The van der Waals surface area contributed by atoms with E-state index in [0.29, 0.717) is 5.92 Å². The lowest BCUT2D eigenvalue weighted by atomic mass is 10.0. The molecule has 27 heavy (non-hydrogen) atoms. The predicted octanol–water partition coefficient (Wildman–Crippen LogP) is 5.19. The van der Waals surface area contributed by atoms with Crippen molar-refractivity contribution < 1.29 is 4.79 Å². The van der Waals surface area contributed by atoms with Gasteiger partial charge in [0.15, 0.2) is 0 Å². The smallest absolute Gasteiger partial charge is 0.252 e. The van der Waals surface area contributed by atoms with Gasteiger partial charge in [-0.05, 0) is 50.5 Å². The molecule has 0 saturated carbocycles. The summed E-state index contributed by atoms with van der Waals surface area (Å²) in [6, 6.07) is 13.9. The van der Waals surface area contributed by atoms with E-state index in [1.807, 2.05) is 57.2 Å². The first-order valence-electron chi connectivity index (χ1n) is 9.74. The van der Waals surface area contributed by atoms with Gasteiger partial charge in [-0.25, -0.2) is 4.98 Å². The van der Waals surface area contributed by atoms with Crippen molar-refractivity contribution in [3.8, 4) is 0 Å². The summed E-state index contributed by atoms with van der Waals surface area (Å²) in [6.07, 6.45) is 1.11. The third-order valence-corrected chi connectivity index (χ3v) is 5.24. The number of imidazole rings is 1. The van der Waals surface area contributed by atoms with Crippen LogP contribution < -0.4 is 5.32 Å². The number of carbonyl (C=O) groups is 1. The molecule has 3 rings (SSSR count). The van der Waals surface area contributed by atoms with E-state index < -0.39 is 0 Å². The lowest BCUT2D eigenvalue weighted by Crippen LogP contribution is -2.29. The highest BCUT2D eigenvalue weighted by atomic mass is 16.1. The largest absolute Gasteiger partial charge is 0.342 e. The Hall–Kier alpha value is -2.62. The van der Waals surface area contributed by atoms with Crippen molar-refractivity contribution in [3.05, 3.63) is 65.0 Å². The average molecular weight is 364 g/mol. The van der Waals surface area contributed by atoms with Gasteiger partial charge in [0.2, 0.25) is 0 Å². The fraction of sp³-hybridized carbons (Fsp3) is 0.391. The normalized spacial score (nSPS) is 13.5. The van der Waals surface area contributed by atoms with Gasteiger partial charge in [0.05, 0.1) is 17.1 Å². The maximum atomic E-state index is 12.8. The number of carbonyl (C=O) groups excluding carboxylic acids is 1. The first-order chi connectivity index (χ1) is 12.9. The minimum atomic E-state index is -0.172. The minimum absolute atomic E-state index is 0.0536. The summed E-state index contributed by atoms with van der Waals surface area (Å²) in [7, 11) is 0. The lowest BCUT2D eigenvalue weighted by Gasteiger charge is -2.19. The third-order valence-electron chi connectivity index (χ3n) is 5.24. The Morgan fingerprint density at radius 2 is 1.89 bits per heavy atom. The molecule has 2 atom stereocenters. The summed E-state index contributed by atoms with van der Waals surface area (Å²) < 4.78 is 2.26. The number of hydrogen-bond donors (Lipinski definition) is 1. The number of aromatic nitrogens is 2. The molecular formula is C23H29N3O. The van der Waals surface area contributed by atoms with Crippen molar-refractivity contribution in [2.75, 3.05) is 0 Å². The number of aryl methyl sites for hydroxylation is 2. The Kier molecular flexibility index (Phi) is 5.64. The zero-order valence-corrected chi connectivity index (χ0v) is 16.9. The van der Waals surface area contributed by atoms with E-state index in [1.165, 1.54) is 0 Å². The van der Waals surface area contributed by atoms with Crippen LogP contribution in [0.25, 0.3) is 11.0 Å². The molecule has 1 heterocycles. The van der Waals surface area contributed by atoms with Crippen LogP contribution in [0.1, 0.15) is 60.5 Å². The van der Waals surface area contributed by atoms with Gasteiger partial charge in [0.1, 0.15) is 5.82 Å². The van der Waals surface area contributed by atoms with E-state index in [2.05, 4.69) is 29.8 Å². The van der Waals surface area contributed by atoms with Crippen molar-refractivity contribution in [1.29, 1.82) is 0 Å². The second-order valence-corrected chi connectivity index (χ2v) is 7.60. The second-order valence-electron chi connectivity index (χ2n) is 7.60. The standard InChI is InChI=1S/C23H29N3O/c1-6-15(2)14-26-21-10-8-7-9-20(21)25-22(26)18(5)24-23(27)19-12-11-16(3)13-17(19)4/h7-13,15,18H,6,14H2,1-5H3,(H,24,27). The molecule has 0 aliphatic carbocycles. The van der Waals surface area contributed by atoms with Gasteiger partial charge in [0, 0.05) is 12.1 Å². The number of para-hydroxylation sites is 2. The van der Waals surface area contributed by atoms with Gasteiger partial charge in [-0.1, -0.05) is 50.1 Å². The van der Waals surface area contributed by atoms with Crippen LogP contribution in [-0.2, 0) is 6.54 Å². The fourth-order valence-electron chi connectivity index (χ4n) is 3.46. The number of amides is 1. The molecule has 4 nitrogen and oxygen atoms in total. The predicted molar refractivity (Wildman–Crippen MR) is 111 cm³/mol. The van der Waals surface area contributed by atoms with Crippen LogP contribution in [0.3, 0.4) is 0 Å². The number of nitrogens with zero attached hydrogens (tertiary/aromatic N) is 2. The van der Waals surface area contributed by atoms with Gasteiger partial charge in [-0.15, -0.1) is 0 Å². The molecule has 1 aromatic heterocycles. The molecule has 0 aliphatic heterocycles.